The number of nitrogens with zero attached hydrogens (tertiary/aromatic N) is 2. The van der Waals surface area contributed by atoms with Crippen molar-refractivity contribution >= 4 is 11.6 Å². The minimum atomic E-state index is -0.167. The first-order valence-electron chi connectivity index (χ1n) is 6.68. The largest absolute Gasteiger partial charge is 0.321 e. The molecule has 0 radical (unpaired) electrons. The second-order valence-corrected chi connectivity index (χ2v) is 5.17. The number of anilines is 1. The lowest BCUT2D eigenvalue weighted by molar-refractivity contribution is 0.102. The average Bonchev–Trinajstić information content (AvgIpc) is 2.41. The van der Waals surface area contributed by atoms with E-state index < -0.39 is 0 Å². The fraction of sp³-hybridized carbons (Fsp3) is 0.312. The average molecular weight is 269 g/mol. The third-order valence-electron chi connectivity index (χ3n) is 3.32. The summed E-state index contributed by atoms with van der Waals surface area (Å²) >= 11 is 0. The van der Waals surface area contributed by atoms with E-state index in [9.17, 15) is 4.79 Å². The summed E-state index contributed by atoms with van der Waals surface area (Å²) in [5.74, 6) is 0.178. The van der Waals surface area contributed by atoms with Gasteiger partial charge in [0.1, 0.15) is 6.33 Å². The number of para-hydroxylation sites is 1. The first-order chi connectivity index (χ1) is 9.50. The fourth-order valence-corrected chi connectivity index (χ4v) is 2.14. The summed E-state index contributed by atoms with van der Waals surface area (Å²) < 4.78 is 0. The maximum absolute atomic E-state index is 12.4. The minimum Gasteiger partial charge on any atom is -0.321 e. The molecule has 0 unspecified atom stereocenters. The first kappa shape index (κ1) is 14.2. The van der Waals surface area contributed by atoms with Gasteiger partial charge in [-0.15, -0.1) is 0 Å². The monoisotopic (exact) mass is 269 g/mol. The van der Waals surface area contributed by atoms with Gasteiger partial charge >= 0.3 is 0 Å². The summed E-state index contributed by atoms with van der Waals surface area (Å²) in [4.78, 5) is 20.3. The van der Waals surface area contributed by atoms with Gasteiger partial charge in [0.25, 0.3) is 5.91 Å². The maximum atomic E-state index is 12.4. The Bertz CT molecular complexity index is 635. The summed E-state index contributed by atoms with van der Waals surface area (Å²) in [5, 5.41) is 3.00. The molecule has 4 nitrogen and oxygen atoms in total. The number of aryl methyl sites for hydroxylation is 2. The van der Waals surface area contributed by atoms with Crippen LogP contribution < -0.4 is 5.32 Å². The second kappa shape index (κ2) is 5.82. The van der Waals surface area contributed by atoms with Crippen LogP contribution in [-0.2, 0) is 0 Å². The fourth-order valence-electron chi connectivity index (χ4n) is 2.14. The predicted octanol–water partition coefficient (Wildman–Crippen LogP) is 3.47. The molecule has 2 aromatic rings. The van der Waals surface area contributed by atoms with Crippen LogP contribution >= 0.6 is 0 Å². The van der Waals surface area contributed by atoms with Crippen molar-refractivity contribution in [1.82, 2.24) is 9.97 Å². The maximum Gasteiger partial charge on any atom is 0.259 e. The van der Waals surface area contributed by atoms with Crippen LogP contribution in [-0.4, -0.2) is 15.9 Å². The van der Waals surface area contributed by atoms with Crippen LogP contribution in [0.5, 0.6) is 0 Å². The minimum absolute atomic E-state index is 0.167. The molecule has 0 fully saturated rings. The van der Waals surface area contributed by atoms with E-state index in [0.717, 1.165) is 16.8 Å². The molecule has 0 aliphatic carbocycles. The van der Waals surface area contributed by atoms with Crippen LogP contribution in [0.4, 0.5) is 5.69 Å². The standard InChI is InChI=1S/C16H19N3O/c1-10(2)13-7-5-6-11(3)15(13)19-16(20)14-8-17-9-18-12(14)4/h5-10H,1-4H3,(H,19,20). The highest BCUT2D eigenvalue weighted by Crippen LogP contribution is 2.27. The van der Waals surface area contributed by atoms with Crippen molar-refractivity contribution in [1.29, 1.82) is 0 Å². The third kappa shape index (κ3) is 2.85. The number of rotatable bonds is 3. The number of aromatic nitrogens is 2. The van der Waals surface area contributed by atoms with E-state index in [0.29, 0.717) is 17.2 Å². The van der Waals surface area contributed by atoms with Crippen LogP contribution in [0.3, 0.4) is 0 Å². The number of carbonyl (C=O) groups excluding carboxylic acids is 1. The highest BCUT2D eigenvalue weighted by Gasteiger charge is 2.15. The van der Waals surface area contributed by atoms with Crippen molar-refractivity contribution < 1.29 is 4.79 Å². The van der Waals surface area contributed by atoms with Crippen molar-refractivity contribution in [3.05, 3.63) is 53.1 Å². The summed E-state index contributed by atoms with van der Waals surface area (Å²) in [7, 11) is 0. The van der Waals surface area contributed by atoms with Crippen LogP contribution in [0.1, 0.15) is 46.9 Å². The van der Waals surface area contributed by atoms with Gasteiger partial charge in [-0.25, -0.2) is 9.97 Å². The Balaban J connectivity index is 2.36. The summed E-state index contributed by atoms with van der Waals surface area (Å²) in [5.41, 5.74) is 4.25. The molecule has 0 atom stereocenters. The van der Waals surface area contributed by atoms with Gasteiger partial charge in [-0.05, 0) is 30.9 Å². The highest BCUT2D eigenvalue weighted by atomic mass is 16.1. The van der Waals surface area contributed by atoms with Crippen molar-refractivity contribution in [3.63, 3.8) is 0 Å². The number of benzene rings is 1. The molecule has 0 saturated carbocycles. The van der Waals surface area contributed by atoms with Crippen LogP contribution in [0.25, 0.3) is 0 Å². The smallest absolute Gasteiger partial charge is 0.259 e. The van der Waals surface area contributed by atoms with Gasteiger partial charge in [0.2, 0.25) is 0 Å². The summed E-state index contributed by atoms with van der Waals surface area (Å²) in [6, 6.07) is 6.05. The lowest BCUT2D eigenvalue weighted by Gasteiger charge is -2.16. The van der Waals surface area contributed by atoms with Gasteiger partial charge < -0.3 is 5.32 Å². The van der Waals surface area contributed by atoms with Crippen molar-refractivity contribution in [2.45, 2.75) is 33.6 Å². The quantitative estimate of drug-likeness (QED) is 0.928. The molecule has 1 amide bonds. The van der Waals surface area contributed by atoms with Crippen LogP contribution in [0.15, 0.2) is 30.7 Å². The normalized spacial score (nSPS) is 10.7. The Morgan fingerprint density at radius 2 is 2.00 bits per heavy atom. The van der Waals surface area contributed by atoms with Gasteiger partial charge in [0.05, 0.1) is 11.3 Å². The molecule has 4 heteroatoms. The molecule has 1 aromatic heterocycles. The van der Waals surface area contributed by atoms with Crippen molar-refractivity contribution in [3.8, 4) is 0 Å². The van der Waals surface area contributed by atoms with E-state index in [1.807, 2.05) is 25.1 Å². The molecule has 1 heterocycles. The molecule has 0 spiro atoms. The Morgan fingerprint density at radius 3 is 2.65 bits per heavy atom. The van der Waals surface area contributed by atoms with Crippen LogP contribution in [0, 0.1) is 13.8 Å². The zero-order chi connectivity index (χ0) is 14.7. The molecule has 0 bridgehead atoms. The van der Waals surface area contributed by atoms with Gasteiger partial charge in [-0.2, -0.15) is 0 Å². The molecule has 0 aliphatic heterocycles. The lowest BCUT2D eigenvalue weighted by atomic mass is 9.98. The van der Waals surface area contributed by atoms with Gasteiger partial charge in [0.15, 0.2) is 0 Å². The SMILES string of the molecule is Cc1cccc(C(C)C)c1NC(=O)c1cncnc1C. The third-order valence-corrected chi connectivity index (χ3v) is 3.32. The summed E-state index contributed by atoms with van der Waals surface area (Å²) in [6.45, 7) is 8.02. The number of amides is 1. The Hall–Kier alpha value is -2.23. The van der Waals surface area contributed by atoms with E-state index in [2.05, 4.69) is 29.1 Å². The van der Waals surface area contributed by atoms with Gasteiger partial charge in [-0.3, -0.25) is 4.79 Å². The predicted molar refractivity (Wildman–Crippen MR) is 80.0 cm³/mol. The molecule has 2 rings (SSSR count). The second-order valence-electron chi connectivity index (χ2n) is 5.17. The van der Waals surface area contributed by atoms with Crippen molar-refractivity contribution in [2.75, 3.05) is 5.32 Å². The van der Waals surface area contributed by atoms with E-state index in [-0.39, 0.29) is 5.91 Å². The van der Waals surface area contributed by atoms with Crippen molar-refractivity contribution in [2.24, 2.45) is 0 Å². The number of nitrogens with one attached hydrogen (secondary N) is 1. The molecule has 1 aromatic carbocycles. The lowest BCUT2D eigenvalue weighted by Crippen LogP contribution is -2.16. The number of hydrogen-bond acceptors (Lipinski definition) is 3. The first-order valence-corrected chi connectivity index (χ1v) is 6.68. The molecular weight excluding hydrogens is 250 g/mol. The molecule has 0 saturated heterocycles. The van der Waals surface area contributed by atoms with Gasteiger partial charge in [-0.1, -0.05) is 32.0 Å². The molecule has 0 aliphatic rings. The number of hydrogen-bond donors (Lipinski definition) is 1. The van der Waals surface area contributed by atoms with E-state index in [4.69, 9.17) is 0 Å². The zero-order valence-corrected chi connectivity index (χ0v) is 12.3. The zero-order valence-electron chi connectivity index (χ0n) is 12.3. The summed E-state index contributed by atoms with van der Waals surface area (Å²) in [6.07, 6.45) is 2.99. The molecule has 20 heavy (non-hydrogen) atoms. The number of carbonyl (C=O) groups is 1. The van der Waals surface area contributed by atoms with E-state index >= 15 is 0 Å². The molecule has 104 valence electrons. The Labute approximate surface area is 119 Å². The topological polar surface area (TPSA) is 54.9 Å². The van der Waals surface area contributed by atoms with E-state index in [1.54, 1.807) is 13.1 Å². The molecular formula is C16H19N3O. The van der Waals surface area contributed by atoms with E-state index in [1.165, 1.54) is 6.33 Å². The molecule has 1 N–H and O–H groups in total. The highest BCUT2D eigenvalue weighted by molar-refractivity contribution is 6.05. The Kier molecular flexibility index (Phi) is 4.13. The Morgan fingerprint density at radius 1 is 1.25 bits per heavy atom. The van der Waals surface area contributed by atoms with Crippen LogP contribution in [0.2, 0.25) is 0 Å². The van der Waals surface area contributed by atoms with Gasteiger partial charge in [0, 0.05) is 11.9 Å².